The first-order valence-corrected chi connectivity index (χ1v) is 9.52. The van der Waals surface area contributed by atoms with Gasteiger partial charge in [-0.1, -0.05) is 19.1 Å². The highest BCUT2D eigenvalue weighted by atomic mass is 32.2. The largest absolute Gasteiger partial charge is 0.321 e. The summed E-state index contributed by atoms with van der Waals surface area (Å²) in [5.41, 5.74) is 1.17. The Morgan fingerprint density at radius 3 is 2.50 bits per heavy atom. The monoisotopic (exact) mass is 310 g/mol. The molecule has 2 rings (SSSR count). The summed E-state index contributed by atoms with van der Waals surface area (Å²) in [6, 6.07) is 8.46. The summed E-state index contributed by atoms with van der Waals surface area (Å²) in [5.74, 6) is 1.21. The molecule has 1 amide bonds. The van der Waals surface area contributed by atoms with E-state index in [1.807, 2.05) is 4.90 Å². The SMILES string of the molecule is CCC1NC(c2ccc(SC)cc2)N(CCSC)C1=O. The average molecular weight is 310 g/mol. The van der Waals surface area contributed by atoms with Crippen molar-refractivity contribution >= 4 is 29.4 Å². The Hall–Kier alpha value is -0.650. The number of hydrogen-bond donors (Lipinski definition) is 1. The predicted molar refractivity (Wildman–Crippen MR) is 88.3 cm³/mol. The Balaban J connectivity index is 2.19. The van der Waals surface area contributed by atoms with Gasteiger partial charge in [-0.05, 0) is 36.6 Å². The first-order valence-electron chi connectivity index (χ1n) is 6.90. The number of thioether (sulfide) groups is 2. The summed E-state index contributed by atoms with van der Waals surface area (Å²) in [5, 5.41) is 3.46. The fourth-order valence-corrected chi connectivity index (χ4v) is 3.25. The minimum Gasteiger partial charge on any atom is -0.321 e. The van der Waals surface area contributed by atoms with Gasteiger partial charge in [0.05, 0.1) is 6.04 Å². The van der Waals surface area contributed by atoms with Gasteiger partial charge in [-0.25, -0.2) is 0 Å². The lowest BCUT2D eigenvalue weighted by Crippen LogP contribution is -2.32. The predicted octanol–water partition coefficient (Wildman–Crippen LogP) is 2.98. The molecular formula is C15H22N2OS2. The van der Waals surface area contributed by atoms with Crippen molar-refractivity contribution in [3.8, 4) is 0 Å². The maximum absolute atomic E-state index is 12.4. The lowest BCUT2D eigenvalue weighted by molar-refractivity contribution is -0.129. The summed E-state index contributed by atoms with van der Waals surface area (Å²) in [6.45, 7) is 2.86. The van der Waals surface area contributed by atoms with Crippen molar-refractivity contribution in [1.82, 2.24) is 10.2 Å². The highest BCUT2D eigenvalue weighted by molar-refractivity contribution is 7.98. The van der Waals surface area contributed by atoms with E-state index in [2.05, 4.69) is 49.0 Å². The van der Waals surface area contributed by atoms with Crippen LogP contribution in [0, 0.1) is 0 Å². The van der Waals surface area contributed by atoms with Gasteiger partial charge in [-0.3, -0.25) is 10.1 Å². The molecule has 110 valence electrons. The molecule has 0 bridgehead atoms. The van der Waals surface area contributed by atoms with Crippen molar-refractivity contribution < 1.29 is 4.79 Å². The number of hydrogen-bond acceptors (Lipinski definition) is 4. The zero-order valence-corrected chi connectivity index (χ0v) is 13.9. The highest BCUT2D eigenvalue weighted by Crippen LogP contribution is 2.28. The standard InChI is InChI=1S/C15H22N2OS2/c1-4-13-15(18)17(9-10-19-2)14(16-13)11-5-7-12(20-3)8-6-11/h5-8,13-14,16H,4,9-10H2,1-3H3. The van der Waals surface area contributed by atoms with Crippen LogP contribution >= 0.6 is 23.5 Å². The fraction of sp³-hybridized carbons (Fsp3) is 0.533. The summed E-state index contributed by atoms with van der Waals surface area (Å²) < 4.78 is 0. The van der Waals surface area contributed by atoms with E-state index in [0.29, 0.717) is 0 Å². The quantitative estimate of drug-likeness (QED) is 0.819. The van der Waals surface area contributed by atoms with E-state index in [0.717, 1.165) is 18.7 Å². The van der Waals surface area contributed by atoms with Crippen LogP contribution < -0.4 is 5.32 Å². The van der Waals surface area contributed by atoms with E-state index in [9.17, 15) is 4.79 Å². The molecular weight excluding hydrogens is 288 g/mol. The minimum absolute atomic E-state index is 0.0236. The van der Waals surface area contributed by atoms with Gasteiger partial charge in [-0.2, -0.15) is 11.8 Å². The van der Waals surface area contributed by atoms with Gasteiger partial charge in [0.2, 0.25) is 5.91 Å². The van der Waals surface area contributed by atoms with Crippen LogP contribution in [0.15, 0.2) is 29.2 Å². The zero-order valence-electron chi connectivity index (χ0n) is 12.3. The number of carbonyl (C=O) groups is 1. The van der Waals surface area contributed by atoms with Crippen molar-refractivity contribution in [3.63, 3.8) is 0 Å². The van der Waals surface area contributed by atoms with E-state index in [-0.39, 0.29) is 18.1 Å². The van der Waals surface area contributed by atoms with Crippen LogP contribution in [-0.2, 0) is 4.79 Å². The molecule has 0 radical (unpaired) electrons. The molecule has 1 aliphatic rings. The van der Waals surface area contributed by atoms with E-state index in [1.165, 1.54) is 10.5 Å². The van der Waals surface area contributed by atoms with Crippen LogP contribution in [0.2, 0.25) is 0 Å². The van der Waals surface area contributed by atoms with E-state index in [1.54, 1.807) is 23.5 Å². The molecule has 5 heteroatoms. The van der Waals surface area contributed by atoms with Gasteiger partial charge in [0, 0.05) is 17.2 Å². The second kappa shape index (κ2) is 7.38. The van der Waals surface area contributed by atoms with Crippen molar-refractivity contribution in [2.75, 3.05) is 24.8 Å². The minimum atomic E-state index is -0.0397. The molecule has 1 fully saturated rings. The normalized spacial score (nSPS) is 22.6. The Kier molecular flexibility index (Phi) is 5.81. The van der Waals surface area contributed by atoms with E-state index in [4.69, 9.17) is 0 Å². The second-order valence-corrected chi connectivity index (χ2v) is 6.69. The smallest absolute Gasteiger partial charge is 0.241 e. The van der Waals surface area contributed by atoms with Crippen LogP contribution in [0.3, 0.4) is 0 Å². The average Bonchev–Trinajstić information content (AvgIpc) is 2.81. The van der Waals surface area contributed by atoms with Gasteiger partial charge < -0.3 is 4.90 Å². The van der Waals surface area contributed by atoms with Crippen LogP contribution in [0.4, 0.5) is 0 Å². The Morgan fingerprint density at radius 2 is 1.95 bits per heavy atom. The topological polar surface area (TPSA) is 32.3 Å². The molecule has 1 aromatic carbocycles. The fourth-order valence-electron chi connectivity index (χ4n) is 2.46. The van der Waals surface area contributed by atoms with Crippen molar-refractivity contribution in [2.24, 2.45) is 0 Å². The summed E-state index contributed by atoms with van der Waals surface area (Å²) in [7, 11) is 0. The van der Waals surface area contributed by atoms with Crippen molar-refractivity contribution in [3.05, 3.63) is 29.8 Å². The van der Waals surface area contributed by atoms with Gasteiger partial charge in [-0.15, -0.1) is 11.8 Å². The van der Waals surface area contributed by atoms with Crippen molar-refractivity contribution in [1.29, 1.82) is 0 Å². The molecule has 1 saturated heterocycles. The number of carbonyl (C=O) groups excluding carboxylic acids is 1. The maximum Gasteiger partial charge on any atom is 0.241 e. The molecule has 1 aliphatic heterocycles. The Morgan fingerprint density at radius 1 is 1.25 bits per heavy atom. The lowest BCUT2D eigenvalue weighted by atomic mass is 10.1. The number of benzene rings is 1. The molecule has 0 spiro atoms. The molecule has 0 aliphatic carbocycles. The van der Waals surface area contributed by atoms with Crippen molar-refractivity contribution in [2.45, 2.75) is 30.4 Å². The number of nitrogens with one attached hydrogen (secondary N) is 1. The van der Waals surface area contributed by atoms with Gasteiger partial charge >= 0.3 is 0 Å². The van der Waals surface area contributed by atoms with E-state index < -0.39 is 0 Å². The molecule has 1 aromatic rings. The molecule has 2 atom stereocenters. The summed E-state index contributed by atoms with van der Waals surface area (Å²) >= 11 is 3.51. The molecule has 1 N–H and O–H groups in total. The summed E-state index contributed by atoms with van der Waals surface area (Å²) in [4.78, 5) is 15.6. The third kappa shape index (κ3) is 3.32. The van der Waals surface area contributed by atoms with Crippen LogP contribution in [0.1, 0.15) is 25.1 Å². The number of rotatable bonds is 6. The van der Waals surface area contributed by atoms with Gasteiger partial charge in [0.25, 0.3) is 0 Å². The molecule has 0 aromatic heterocycles. The third-order valence-corrected chi connectivity index (χ3v) is 4.96. The molecule has 20 heavy (non-hydrogen) atoms. The van der Waals surface area contributed by atoms with Gasteiger partial charge in [0.15, 0.2) is 0 Å². The third-order valence-electron chi connectivity index (χ3n) is 3.63. The lowest BCUT2D eigenvalue weighted by Gasteiger charge is -2.24. The zero-order chi connectivity index (χ0) is 14.5. The number of amides is 1. The van der Waals surface area contributed by atoms with Crippen LogP contribution in [-0.4, -0.2) is 41.7 Å². The molecule has 3 nitrogen and oxygen atoms in total. The molecule has 2 unspecified atom stereocenters. The first-order chi connectivity index (χ1) is 9.71. The second-order valence-electron chi connectivity index (χ2n) is 4.83. The molecule has 1 heterocycles. The molecule has 0 saturated carbocycles. The van der Waals surface area contributed by atoms with Gasteiger partial charge in [0.1, 0.15) is 6.17 Å². The van der Waals surface area contributed by atoms with E-state index >= 15 is 0 Å². The maximum atomic E-state index is 12.4. The van der Waals surface area contributed by atoms with Crippen LogP contribution in [0.5, 0.6) is 0 Å². The highest BCUT2D eigenvalue weighted by Gasteiger charge is 2.37. The summed E-state index contributed by atoms with van der Waals surface area (Å²) in [6.07, 6.45) is 5.02. The van der Waals surface area contributed by atoms with Crippen LogP contribution in [0.25, 0.3) is 0 Å². The Labute approximate surface area is 129 Å². The first kappa shape index (κ1) is 15.7. The number of nitrogens with zero attached hydrogens (tertiary/aromatic N) is 1. The Bertz CT molecular complexity index is 450.